The van der Waals surface area contributed by atoms with Crippen LogP contribution in [0.25, 0.3) is 11.0 Å². The van der Waals surface area contributed by atoms with Crippen LogP contribution in [0.2, 0.25) is 0 Å². The molecule has 0 aliphatic heterocycles. The van der Waals surface area contributed by atoms with Crippen LogP contribution >= 0.6 is 0 Å². The number of benzene rings is 2. The average Bonchev–Trinajstić information content (AvgIpc) is 2.64. The van der Waals surface area contributed by atoms with Gasteiger partial charge in [0.15, 0.2) is 6.61 Å². The molecule has 0 aliphatic rings. The zero-order valence-corrected chi connectivity index (χ0v) is 15.1. The summed E-state index contributed by atoms with van der Waals surface area (Å²) in [5, 5.41) is 3.68. The largest absolute Gasteiger partial charge is 0.484 e. The van der Waals surface area contributed by atoms with Crippen LogP contribution < -0.4 is 15.7 Å². The van der Waals surface area contributed by atoms with Crippen molar-refractivity contribution < 1.29 is 18.3 Å². The average molecular weight is 369 g/mol. The third kappa shape index (κ3) is 4.73. The van der Waals surface area contributed by atoms with Crippen LogP contribution in [-0.2, 0) is 4.79 Å². The molecular formula is C21H20FNO4. The van der Waals surface area contributed by atoms with E-state index in [0.717, 1.165) is 10.9 Å². The normalized spacial score (nSPS) is 12.1. The molecule has 140 valence electrons. The molecule has 3 aromatic rings. The van der Waals surface area contributed by atoms with E-state index in [2.05, 4.69) is 5.32 Å². The van der Waals surface area contributed by atoms with E-state index >= 15 is 0 Å². The highest BCUT2D eigenvalue weighted by Gasteiger charge is 2.18. The molecule has 0 spiro atoms. The van der Waals surface area contributed by atoms with Crippen molar-refractivity contribution in [1.82, 2.24) is 5.32 Å². The maximum absolute atomic E-state index is 13.1. The predicted octanol–water partition coefficient (Wildman–Crippen LogP) is 3.82. The summed E-state index contributed by atoms with van der Waals surface area (Å²) in [6, 6.07) is 13.8. The molecule has 2 aromatic carbocycles. The van der Waals surface area contributed by atoms with Gasteiger partial charge in [0, 0.05) is 17.5 Å². The number of fused-ring (bicyclic) bond motifs is 1. The van der Waals surface area contributed by atoms with Crippen molar-refractivity contribution in [3.8, 4) is 5.75 Å². The Morgan fingerprint density at radius 1 is 1.11 bits per heavy atom. The van der Waals surface area contributed by atoms with Gasteiger partial charge in [0.05, 0.1) is 6.04 Å². The first-order valence-corrected chi connectivity index (χ1v) is 8.64. The fraction of sp³-hybridized carbons (Fsp3) is 0.238. The van der Waals surface area contributed by atoms with Crippen molar-refractivity contribution in [2.75, 3.05) is 6.61 Å². The number of carbonyl (C=O) groups is 1. The number of nitrogens with one attached hydrogen (secondary N) is 1. The minimum Gasteiger partial charge on any atom is -0.484 e. The van der Waals surface area contributed by atoms with Crippen LogP contribution in [-0.4, -0.2) is 12.5 Å². The Morgan fingerprint density at radius 2 is 1.81 bits per heavy atom. The molecule has 1 unspecified atom stereocenters. The fourth-order valence-electron chi connectivity index (χ4n) is 2.80. The molecule has 5 nitrogen and oxygen atoms in total. The third-order valence-corrected chi connectivity index (χ3v) is 4.18. The van der Waals surface area contributed by atoms with Gasteiger partial charge in [0.25, 0.3) is 5.91 Å². The molecule has 0 saturated heterocycles. The molecule has 27 heavy (non-hydrogen) atoms. The monoisotopic (exact) mass is 369 g/mol. The Kier molecular flexibility index (Phi) is 5.54. The van der Waals surface area contributed by atoms with E-state index in [1.165, 1.54) is 18.2 Å². The van der Waals surface area contributed by atoms with Gasteiger partial charge in [0.1, 0.15) is 17.1 Å². The van der Waals surface area contributed by atoms with Gasteiger partial charge in [-0.1, -0.05) is 26.0 Å². The highest BCUT2D eigenvalue weighted by molar-refractivity contribution is 5.79. The van der Waals surface area contributed by atoms with E-state index in [1.807, 2.05) is 13.8 Å². The summed E-state index contributed by atoms with van der Waals surface area (Å²) < 4.78 is 23.7. The second-order valence-electron chi connectivity index (χ2n) is 6.58. The maximum Gasteiger partial charge on any atom is 0.336 e. The summed E-state index contributed by atoms with van der Waals surface area (Å²) >= 11 is 0. The third-order valence-electron chi connectivity index (χ3n) is 4.18. The van der Waals surface area contributed by atoms with Gasteiger partial charge in [-0.3, -0.25) is 4.79 Å². The van der Waals surface area contributed by atoms with Crippen molar-refractivity contribution in [2.24, 2.45) is 5.92 Å². The Morgan fingerprint density at radius 3 is 2.52 bits per heavy atom. The lowest BCUT2D eigenvalue weighted by Gasteiger charge is -2.23. The Balaban J connectivity index is 1.65. The molecular weight excluding hydrogens is 349 g/mol. The molecule has 3 rings (SSSR count). The Bertz CT molecular complexity index is 995. The molecule has 1 aromatic heterocycles. The topological polar surface area (TPSA) is 68.5 Å². The minimum absolute atomic E-state index is 0.120. The second kappa shape index (κ2) is 8.03. The molecule has 1 amide bonds. The molecule has 6 heteroatoms. The summed E-state index contributed by atoms with van der Waals surface area (Å²) in [5.41, 5.74) is 0.774. The lowest BCUT2D eigenvalue weighted by Crippen LogP contribution is -2.35. The van der Waals surface area contributed by atoms with Crippen LogP contribution in [0.15, 0.2) is 63.8 Å². The lowest BCUT2D eigenvalue weighted by atomic mass is 9.96. The van der Waals surface area contributed by atoms with E-state index in [0.29, 0.717) is 11.3 Å². The lowest BCUT2D eigenvalue weighted by molar-refractivity contribution is -0.124. The standard InChI is InChI=1S/C21H20FNO4/c1-13(2)21(15-3-7-16(22)8-4-15)23-19(24)12-26-17-9-5-14-6-10-20(25)27-18(14)11-17/h3-11,13,21H,12H2,1-2H3,(H,23,24). The van der Waals surface area contributed by atoms with Crippen molar-refractivity contribution in [2.45, 2.75) is 19.9 Å². The first-order valence-electron chi connectivity index (χ1n) is 8.64. The fourth-order valence-corrected chi connectivity index (χ4v) is 2.80. The molecule has 0 fully saturated rings. The summed E-state index contributed by atoms with van der Waals surface area (Å²) in [7, 11) is 0. The van der Waals surface area contributed by atoms with E-state index in [9.17, 15) is 14.0 Å². The molecule has 0 bridgehead atoms. The zero-order valence-electron chi connectivity index (χ0n) is 15.1. The molecule has 0 saturated carbocycles. The van der Waals surface area contributed by atoms with Crippen LogP contribution in [0.4, 0.5) is 4.39 Å². The van der Waals surface area contributed by atoms with E-state index in [-0.39, 0.29) is 30.3 Å². The predicted molar refractivity (Wildman–Crippen MR) is 100 cm³/mol. The quantitative estimate of drug-likeness (QED) is 0.671. The summed E-state index contributed by atoms with van der Waals surface area (Å²) in [6.07, 6.45) is 0. The highest BCUT2D eigenvalue weighted by atomic mass is 19.1. The number of hydrogen-bond acceptors (Lipinski definition) is 4. The maximum atomic E-state index is 13.1. The smallest absolute Gasteiger partial charge is 0.336 e. The van der Waals surface area contributed by atoms with Gasteiger partial charge in [-0.15, -0.1) is 0 Å². The van der Waals surface area contributed by atoms with Crippen molar-refractivity contribution in [1.29, 1.82) is 0 Å². The van der Waals surface area contributed by atoms with Crippen LogP contribution in [0.1, 0.15) is 25.5 Å². The van der Waals surface area contributed by atoms with Gasteiger partial charge >= 0.3 is 5.63 Å². The van der Waals surface area contributed by atoms with Gasteiger partial charge < -0.3 is 14.5 Å². The minimum atomic E-state index is -0.448. The summed E-state index contributed by atoms with van der Waals surface area (Å²) in [6.45, 7) is 3.76. The molecule has 1 atom stereocenters. The summed E-state index contributed by atoms with van der Waals surface area (Å²) in [5.74, 6) is -0.0734. The van der Waals surface area contributed by atoms with Gasteiger partial charge in [-0.25, -0.2) is 9.18 Å². The first-order chi connectivity index (χ1) is 12.9. The molecule has 1 N–H and O–H groups in total. The van der Waals surface area contributed by atoms with Gasteiger partial charge in [-0.2, -0.15) is 0 Å². The highest BCUT2D eigenvalue weighted by Crippen LogP contribution is 2.22. The van der Waals surface area contributed by atoms with Crippen LogP contribution in [0, 0.1) is 11.7 Å². The number of ether oxygens (including phenoxy) is 1. The zero-order chi connectivity index (χ0) is 19.4. The number of halogens is 1. The van der Waals surface area contributed by atoms with E-state index in [1.54, 1.807) is 36.4 Å². The van der Waals surface area contributed by atoms with Crippen molar-refractivity contribution in [3.05, 3.63) is 76.4 Å². The first kappa shape index (κ1) is 18.6. The van der Waals surface area contributed by atoms with Gasteiger partial charge in [-0.05, 0) is 41.8 Å². The Hall–Kier alpha value is -3.15. The summed E-state index contributed by atoms with van der Waals surface area (Å²) in [4.78, 5) is 23.6. The number of carbonyl (C=O) groups excluding carboxylic acids is 1. The Labute approximate surface area is 155 Å². The second-order valence-corrected chi connectivity index (χ2v) is 6.58. The SMILES string of the molecule is CC(C)C(NC(=O)COc1ccc2ccc(=O)oc2c1)c1ccc(F)cc1. The number of amides is 1. The number of hydrogen-bond donors (Lipinski definition) is 1. The molecule has 1 heterocycles. The van der Waals surface area contributed by atoms with E-state index in [4.69, 9.17) is 9.15 Å². The van der Waals surface area contributed by atoms with Crippen LogP contribution in [0.5, 0.6) is 5.75 Å². The van der Waals surface area contributed by atoms with E-state index < -0.39 is 5.63 Å². The number of rotatable bonds is 6. The van der Waals surface area contributed by atoms with Gasteiger partial charge in [0.2, 0.25) is 0 Å². The van der Waals surface area contributed by atoms with Crippen molar-refractivity contribution >= 4 is 16.9 Å². The molecule has 0 aliphatic carbocycles. The van der Waals surface area contributed by atoms with Crippen LogP contribution in [0.3, 0.4) is 0 Å². The van der Waals surface area contributed by atoms with Crippen molar-refractivity contribution in [3.63, 3.8) is 0 Å². The molecule has 0 radical (unpaired) electrons.